The highest BCUT2D eigenvalue weighted by atomic mass is 35.5. The van der Waals surface area contributed by atoms with Gasteiger partial charge in [-0.3, -0.25) is 0 Å². The minimum atomic E-state index is 0. The molecule has 9 nitrogen and oxygen atoms in total. The Morgan fingerprint density at radius 2 is 1.29 bits per heavy atom. The van der Waals surface area contributed by atoms with Crippen LogP contribution >= 0.6 is 12.4 Å². The highest BCUT2D eigenvalue weighted by Crippen LogP contribution is 2.38. The molecule has 2 heterocycles. The minimum Gasteiger partial charge on any atom is -0.351 e. The Kier molecular flexibility index (Phi) is 16.1. The first-order valence-electron chi connectivity index (χ1n) is 12.3. The Balaban J connectivity index is -0.000000284. The summed E-state index contributed by atoms with van der Waals surface area (Å²) in [4.78, 5) is 17.2. The summed E-state index contributed by atoms with van der Waals surface area (Å²) in [6, 6.07) is 0.504. The van der Waals surface area contributed by atoms with Crippen LogP contribution in [0.1, 0.15) is 115 Å². The van der Waals surface area contributed by atoms with Crippen LogP contribution in [-0.4, -0.2) is 34.1 Å². The van der Waals surface area contributed by atoms with E-state index in [4.69, 9.17) is 15.0 Å². The van der Waals surface area contributed by atoms with Crippen molar-refractivity contribution in [1.82, 2.24) is 39.6 Å². The summed E-state index contributed by atoms with van der Waals surface area (Å²) in [5, 5.41) is 3.72. The Bertz CT molecular complexity index is 645. The molecule has 1 aromatic heterocycles. The first-order valence-corrected chi connectivity index (χ1v) is 12.3. The van der Waals surface area contributed by atoms with Gasteiger partial charge in [0.25, 0.3) is 0 Å². The van der Waals surface area contributed by atoms with Gasteiger partial charge in [-0.15, -0.1) is 12.4 Å². The van der Waals surface area contributed by atoms with Gasteiger partial charge < -0.3 is 34.8 Å². The van der Waals surface area contributed by atoms with Crippen LogP contribution in [0.2, 0.25) is 0 Å². The minimum absolute atomic E-state index is 0. The Hall–Kier alpha value is -1.26. The molecule has 0 amide bonds. The number of nitrogens with zero attached hydrogens (tertiary/aromatic N) is 4. The predicted octanol–water partition coefficient (Wildman–Crippen LogP) is 7.98. The van der Waals surface area contributed by atoms with Gasteiger partial charge in [0.1, 0.15) is 5.82 Å². The Morgan fingerprint density at radius 1 is 0.735 bits per heavy atom. The van der Waals surface area contributed by atoms with Crippen molar-refractivity contribution in [2.24, 2.45) is 11.3 Å². The van der Waals surface area contributed by atoms with Crippen LogP contribution in [0.5, 0.6) is 0 Å². The zero-order valence-electron chi connectivity index (χ0n) is 22.2. The molecule has 4 rings (SSSR count). The van der Waals surface area contributed by atoms with Crippen molar-refractivity contribution >= 4 is 24.3 Å². The highest BCUT2D eigenvalue weighted by Gasteiger charge is 2.30. The van der Waals surface area contributed by atoms with Gasteiger partial charge in [0.15, 0.2) is 0 Å². The molecule has 0 spiro atoms. The molecular formula is C24H62ClN9. The molecule has 3 fully saturated rings. The van der Waals surface area contributed by atoms with Crippen molar-refractivity contribution in [2.45, 2.75) is 110 Å². The van der Waals surface area contributed by atoms with Crippen LogP contribution < -0.4 is 34.8 Å². The SMILES string of the molecule is CC(C)(C)C1CCC(Nc2nc(C3CCCCC3)nc(N3CCCCC3)n2)CC1.Cl.N.N.N.N.[HH].[HH].[HH].[HH]. The zero-order valence-corrected chi connectivity index (χ0v) is 23.0. The van der Waals surface area contributed by atoms with E-state index in [1.54, 1.807) is 0 Å². The van der Waals surface area contributed by atoms with E-state index < -0.39 is 0 Å². The van der Waals surface area contributed by atoms with E-state index in [2.05, 4.69) is 31.0 Å². The van der Waals surface area contributed by atoms with E-state index in [-0.39, 0.29) is 42.7 Å². The van der Waals surface area contributed by atoms with Gasteiger partial charge in [-0.05, 0) is 69.1 Å². The maximum atomic E-state index is 4.98. The number of piperidine rings is 1. The van der Waals surface area contributed by atoms with Crippen LogP contribution in [0, 0.1) is 11.3 Å². The van der Waals surface area contributed by atoms with Crippen LogP contribution in [0.3, 0.4) is 0 Å². The molecule has 0 atom stereocenters. The zero-order chi connectivity index (χ0) is 20.3. The maximum Gasteiger partial charge on any atom is 0.230 e. The molecule has 1 aromatic rings. The molecule has 0 radical (unpaired) electrons. The van der Waals surface area contributed by atoms with E-state index in [0.29, 0.717) is 17.4 Å². The van der Waals surface area contributed by atoms with Crippen LogP contribution in [0.15, 0.2) is 0 Å². The van der Waals surface area contributed by atoms with Gasteiger partial charge >= 0.3 is 0 Å². The van der Waals surface area contributed by atoms with Gasteiger partial charge in [-0.25, -0.2) is 0 Å². The molecule has 0 bridgehead atoms. The second-order valence-electron chi connectivity index (χ2n) is 10.8. The molecule has 2 aliphatic carbocycles. The summed E-state index contributed by atoms with van der Waals surface area (Å²) in [6.45, 7) is 9.34. The number of hydrogen-bond donors (Lipinski definition) is 5. The molecule has 13 N–H and O–H groups in total. The summed E-state index contributed by atoms with van der Waals surface area (Å²) >= 11 is 0. The Morgan fingerprint density at radius 3 is 1.85 bits per heavy atom. The first-order chi connectivity index (χ1) is 14.0. The van der Waals surface area contributed by atoms with Crippen molar-refractivity contribution in [3.63, 3.8) is 0 Å². The van der Waals surface area contributed by atoms with Gasteiger partial charge in [0.2, 0.25) is 11.9 Å². The topological polar surface area (TPSA) is 194 Å². The Labute approximate surface area is 220 Å². The number of anilines is 2. The summed E-state index contributed by atoms with van der Waals surface area (Å²) in [7, 11) is 0. The summed E-state index contributed by atoms with van der Waals surface area (Å²) < 4.78 is 0. The van der Waals surface area contributed by atoms with Crippen molar-refractivity contribution in [3.05, 3.63) is 5.82 Å². The fraction of sp³-hybridized carbons (Fsp3) is 0.875. The third-order valence-corrected chi connectivity index (χ3v) is 7.54. The van der Waals surface area contributed by atoms with E-state index in [9.17, 15) is 0 Å². The predicted molar refractivity (Wildman–Crippen MR) is 156 cm³/mol. The molecule has 10 heteroatoms. The number of rotatable bonds is 4. The normalized spacial score (nSPS) is 23.1. The van der Waals surface area contributed by atoms with E-state index in [1.807, 2.05) is 0 Å². The average molecular weight is 512 g/mol. The molecule has 34 heavy (non-hydrogen) atoms. The molecule has 3 aliphatic rings. The van der Waals surface area contributed by atoms with Gasteiger partial charge in [0, 0.05) is 30.8 Å². The molecule has 1 saturated heterocycles. The fourth-order valence-electron chi connectivity index (χ4n) is 5.51. The summed E-state index contributed by atoms with van der Waals surface area (Å²) in [6.07, 6.45) is 15.4. The molecule has 0 aromatic carbocycles. The maximum absolute atomic E-state index is 4.98. The third-order valence-electron chi connectivity index (χ3n) is 7.54. The number of nitrogens with one attached hydrogen (secondary N) is 1. The van der Waals surface area contributed by atoms with E-state index >= 15 is 0 Å². The van der Waals surface area contributed by atoms with E-state index in [1.165, 1.54) is 77.0 Å². The number of halogens is 1. The number of aromatic nitrogens is 3. The lowest BCUT2D eigenvalue weighted by Gasteiger charge is -2.37. The average Bonchev–Trinajstić information content (AvgIpc) is 2.74. The van der Waals surface area contributed by atoms with Gasteiger partial charge in [-0.2, -0.15) is 15.0 Å². The second-order valence-corrected chi connectivity index (χ2v) is 10.8. The first kappa shape index (κ1) is 34.9. The molecule has 210 valence electrons. The number of hydrogen-bond acceptors (Lipinski definition) is 9. The fourth-order valence-corrected chi connectivity index (χ4v) is 5.51. The van der Waals surface area contributed by atoms with Crippen LogP contribution in [0.4, 0.5) is 11.9 Å². The standard InChI is InChI=1S/C24H41N5.ClH.4H3N.4H2/c1-24(2,3)19-12-14-20(15-13-19)25-22-26-21(18-10-6-4-7-11-18)27-23(28-22)29-16-8-5-9-17-29;;;;;;;;;/h18-20H,4-17H2,1-3H3,(H,25,26,27,28);1H;4*1H3;4*1H. The monoisotopic (exact) mass is 511 g/mol. The molecular weight excluding hydrogens is 450 g/mol. The summed E-state index contributed by atoms with van der Waals surface area (Å²) in [5.41, 5.74) is 0.424. The van der Waals surface area contributed by atoms with Gasteiger partial charge in [-0.1, -0.05) is 40.0 Å². The summed E-state index contributed by atoms with van der Waals surface area (Å²) in [5.74, 6) is 4.16. The lowest BCUT2D eigenvalue weighted by Crippen LogP contribution is -2.34. The van der Waals surface area contributed by atoms with Crippen LogP contribution in [0.25, 0.3) is 0 Å². The van der Waals surface area contributed by atoms with Crippen molar-refractivity contribution in [2.75, 3.05) is 23.3 Å². The molecule has 1 aliphatic heterocycles. The van der Waals surface area contributed by atoms with Crippen LogP contribution in [-0.2, 0) is 0 Å². The lowest BCUT2D eigenvalue weighted by atomic mass is 9.71. The molecule has 0 unspecified atom stereocenters. The van der Waals surface area contributed by atoms with Crippen molar-refractivity contribution < 1.29 is 5.71 Å². The largest absolute Gasteiger partial charge is 0.351 e. The van der Waals surface area contributed by atoms with Gasteiger partial charge in [0.05, 0.1) is 0 Å². The highest BCUT2D eigenvalue weighted by molar-refractivity contribution is 5.85. The quantitative estimate of drug-likeness (QED) is 0.266. The van der Waals surface area contributed by atoms with E-state index in [0.717, 1.165) is 36.7 Å². The van der Waals surface area contributed by atoms with Crippen molar-refractivity contribution in [1.29, 1.82) is 0 Å². The second kappa shape index (κ2) is 15.7. The lowest BCUT2D eigenvalue weighted by molar-refractivity contribution is 0.173. The third kappa shape index (κ3) is 9.07. The molecule has 2 saturated carbocycles. The van der Waals surface area contributed by atoms with Crippen molar-refractivity contribution in [3.8, 4) is 0 Å². The smallest absolute Gasteiger partial charge is 0.230 e.